The van der Waals surface area contributed by atoms with Crippen molar-refractivity contribution in [3.63, 3.8) is 0 Å². The van der Waals surface area contributed by atoms with Gasteiger partial charge in [0.25, 0.3) is 0 Å². The summed E-state index contributed by atoms with van der Waals surface area (Å²) in [4.78, 5) is 4.53. The van der Waals surface area contributed by atoms with E-state index < -0.39 is 0 Å². The van der Waals surface area contributed by atoms with Crippen LogP contribution in [0.25, 0.3) is 11.4 Å². The van der Waals surface area contributed by atoms with E-state index in [1.165, 1.54) is 0 Å². The van der Waals surface area contributed by atoms with Crippen LogP contribution in [0.15, 0.2) is 42.9 Å². The summed E-state index contributed by atoms with van der Waals surface area (Å²) >= 11 is 0. The summed E-state index contributed by atoms with van der Waals surface area (Å²) in [5, 5.41) is 16.3. The molecule has 0 saturated heterocycles. The predicted octanol–water partition coefficient (Wildman–Crippen LogP) is 1.86. The molecule has 8 heteroatoms. The monoisotopic (exact) mass is 369 g/mol. The highest BCUT2D eigenvalue weighted by Crippen LogP contribution is 2.29. The Labute approximate surface area is 160 Å². The van der Waals surface area contributed by atoms with E-state index in [1.807, 2.05) is 4.68 Å². The number of methoxy groups -OCH3 is 1. The lowest BCUT2D eigenvalue weighted by Crippen LogP contribution is -2.03. The second-order valence-corrected chi connectivity index (χ2v) is 6.43. The van der Waals surface area contributed by atoms with Crippen LogP contribution in [0.5, 0.6) is 5.88 Å². The Hall–Kier alpha value is -3.99. The summed E-state index contributed by atoms with van der Waals surface area (Å²) in [6, 6.07) is 9.74. The van der Waals surface area contributed by atoms with Crippen LogP contribution >= 0.6 is 0 Å². The SMILES string of the molecule is COc1ccc(C#Cc2ncn3c2Cc2cnnn2-c2cc(C)ccc2-3)nn1. The van der Waals surface area contributed by atoms with Crippen LogP contribution in [0.3, 0.4) is 0 Å². The molecule has 3 aromatic heterocycles. The summed E-state index contributed by atoms with van der Waals surface area (Å²) < 4.78 is 8.96. The van der Waals surface area contributed by atoms with Gasteiger partial charge >= 0.3 is 0 Å². The van der Waals surface area contributed by atoms with Crippen LogP contribution in [0.2, 0.25) is 0 Å². The number of nitrogens with zero attached hydrogens (tertiary/aromatic N) is 7. The van der Waals surface area contributed by atoms with E-state index in [0.29, 0.717) is 23.7 Å². The zero-order valence-corrected chi connectivity index (χ0v) is 15.3. The fourth-order valence-corrected chi connectivity index (χ4v) is 3.23. The number of hydrogen-bond acceptors (Lipinski definition) is 6. The minimum absolute atomic E-state index is 0.453. The largest absolute Gasteiger partial charge is 0.480 e. The van der Waals surface area contributed by atoms with Crippen molar-refractivity contribution in [2.24, 2.45) is 0 Å². The van der Waals surface area contributed by atoms with Gasteiger partial charge in [0.1, 0.15) is 17.7 Å². The molecule has 0 fully saturated rings. The summed E-state index contributed by atoms with van der Waals surface area (Å²) in [5.41, 5.74) is 6.34. The normalized spacial score (nSPS) is 11.5. The van der Waals surface area contributed by atoms with E-state index in [-0.39, 0.29) is 0 Å². The Kier molecular flexibility index (Phi) is 3.66. The third-order valence-corrected chi connectivity index (χ3v) is 4.61. The molecule has 0 spiro atoms. The van der Waals surface area contributed by atoms with Gasteiger partial charge in [-0.25, -0.2) is 9.67 Å². The van der Waals surface area contributed by atoms with E-state index in [4.69, 9.17) is 4.74 Å². The van der Waals surface area contributed by atoms with Crippen molar-refractivity contribution in [2.45, 2.75) is 13.3 Å². The zero-order chi connectivity index (χ0) is 19.1. The average Bonchev–Trinajstić information content (AvgIpc) is 3.32. The molecular formula is C20H15N7O. The highest BCUT2D eigenvalue weighted by atomic mass is 16.5. The van der Waals surface area contributed by atoms with Crippen molar-refractivity contribution >= 4 is 0 Å². The Morgan fingerprint density at radius 3 is 2.82 bits per heavy atom. The first-order valence-corrected chi connectivity index (χ1v) is 8.70. The van der Waals surface area contributed by atoms with Crippen molar-refractivity contribution in [1.82, 2.24) is 34.7 Å². The molecule has 1 aliphatic rings. The zero-order valence-electron chi connectivity index (χ0n) is 15.3. The van der Waals surface area contributed by atoms with Gasteiger partial charge in [-0.05, 0) is 42.5 Å². The van der Waals surface area contributed by atoms with Gasteiger partial charge in [0.15, 0.2) is 0 Å². The van der Waals surface area contributed by atoms with Gasteiger partial charge in [-0.1, -0.05) is 11.3 Å². The number of benzene rings is 1. The maximum absolute atomic E-state index is 5.02. The lowest BCUT2D eigenvalue weighted by atomic mass is 10.2. The lowest BCUT2D eigenvalue weighted by molar-refractivity contribution is 0.391. The van der Waals surface area contributed by atoms with Crippen LogP contribution < -0.4 is 4.74 Å². The molecule has 0 unspecified atom stereocenters. The summed E-state index contributed by atoms with van der Waals surface area (Å²) in [5.74, 6) is 6.60. The highest BCUT2D eigenvalue weighted by Gasteiger charge is 2.22. The molecule has 1 aliphatic heterocycles. The third kappa shape index (κ3) is 2.61. The maximum atomic E-state index is 5.02. The lowest BCUT2D eigenvalue weighted by Gasteiger charge is -2.10. The molecule has 8 nitrogen and oxygen atoms in total. The van der Waals surface area contributed by atoms with Crippen LogP contribution in [-0.4, -0.2) is 41.9 Å². The van der Waals surface area contributed by atoms with Crippen molar-refractivity contribution in [3.8, 4) is 29.1 Å². The molecule has 4 heterocycles. The van der Waals surface area contributed by atoms with Gasteiger partial charge < -0.3 is 4.74 Å². The van der Waals surface area contributed by atoms with Crippen LogP contribution in [0.4, 0.5) is 0 Å². The Bertz CT molecular complexity index is 1240. The van der Waals surface area contributed by atoms with Gasteiger partial charge in [0, 0.05) is 12.5 Å². The molecule has 4 aromatic rings. The number of ether oxygens (including phenoxy) is 1. The van der Waals surface area contributed by atoms with Crippen molar-refractivity contribution in [1.29, 1.82) is 0 Å². The molecule has 5 rings (SSSR count). The molecular weight excluding hydrogens is 354 g/mol. The second kappa shape index (κ2) is 6.32. The number of imidazole rings is 1. The topological polar surface area (TPSA) is 83.5 Å². The van der Waals surface area contributed by atoms with Crippen LogP contribution in [-0.2, 0) is 6.42 Å². The van der Waals surface area contributed by atoms with E-state index in [1.54, 1.807) is 31.8 Å². The van der Waals surface area contributed by atoms with Gasteiger partial charge in [0.05, 0.1) is 36.1 Å². The molecule has 0 aliphatic carbocycles. The van der Waals surface area contributed by atoms with Gasteiger partial charge in [-0.2, -0.15) is 0 Å². The fourth-order valence-electron chi connectivity index (χ4n) is 3.23. The van der Waals surface area contributed by atoms with E-state index >= 15 is 0 Å². The Morgan fingerprint density at radius 1 is 1.07 bits per heavy atom. The molecule has 1 aromatic carbocycles. The summed E-state index contributed by atoms with van der Waals surface area (Å²) in [6.45, 7) is 2.06. The molecule has 0 amide bonds. The van der Waals surface area contributed by atoms with Crippen molar-refractivity contribution in [3.05, 3.63) is 71.2 Å². The first-order valence-electron chi connectivity index (χ1n) is 8.70. The molecule has 0 N–H and O–H groups in total. The number of fused-ring (bicyclic) bond motifs is 5. The molecule has 0 bridgehead atoms. The highest BCUT2D eigenvalue weighted by molar-refractivity contribution is 5.58. The van der Waals surface area contributed by atoms with Crippen molar-refractivity contribution in [2.75, 3.05) is 7.11 Å². The van der Waals surface area contributed by atoms with E-state index in [2.05, 4.69) is 67.0 Å². The van der Waals surface area contributed by atoms with E-state index in [9.17, 15) is 0 Å². The molecule has 28 heavy (non-hydrogen) atoms. The fraction of sp³-hybridized carbons (Fsp3) is 0.150. The third-order valence-electron chi connectivity index (χ3n) is 4.61. The number of hydrogen-bond donors (Lipinski definition) is 0. The summed E-state index contributed by atoms with van der Waals surface area (Å²) in [6.07, 6.45) is 4.20. The quantitative estimate of drug-likeness (QED) is 0.420. The van der Waals surface area contributed by atoms with Gasteiger partial charge in [-0.15, -0.1) is 15.3 Å². The molecule has 0 atom stereocenters. The standard InChI is InChI=1S/C20H15N7O/c1-13-3-7-17-19(9-13)27-15(11-22-25-27)10-18-16(21-12-26(17)18)6-4-14-5-8-20(28-2)24-23-14/h3,5,7-9,11-12H,10H2,1-2H3. The van der Waals surface area contributed by atoms with Crippen LogP contribution in [0.1, 0.15) is 28.3 Å². The first-order chi connectivity index (χ1) is 13.7. The number of aromatic nitrogens is 7. The first kappa shape index (κ1) is 16.2. The minimum atomic E-state index is 0.453. The van der Waals surface area contributed by atoms with Gasteiger partial charge in [0.2, 0.25) is 5.88 Å². The predicted molar refractivity (Wildman–Crippen MR) is 101 cm³/mol. The Balaban J connectivity index is 1.62. The maximum Gasteiger partial charge on any atom is 0.233 e. The smallest absolute Gasteiger partial charge is 0.233 e. The molecule has 0 radical (unpaired) electrons. The van der Waals surface area contributed by atoms with Crippen molar-refractivity contribution < 1.29 is 4.74 Å². The number of rotatable bonds is 1. The second-order valence-electron chi connectivity index (χ2n) is 6.43. The molecule has 0 saturated carbocycles. The van der Waals surface area contributed by atoms with Crippen LogP contribution in [0, 0.1) is 18.8 Å². The van der Waals surface area contributed by atoms with Gasteiger partial charge in [-0.3, -0.25) is 4.57 Å². The minimum Gasteiger partial charge on any atom is -0.480 e. The number of aryl methyl sites for hydroxylation is 1. The average molecular weight is 369 g/mol. The van der Waals surface area contributed by atoms with E-state index in [0.717, 1.165) is 28.3 Å². The Morgan fingerprint density at radius 2 is 2.00 bits per heavy atom. The summed E-state index contributed by atoms with van der Waals surface area (Å²) in [7, 11) is 1.55. The molecule has 136 valence electrons.